The van der Waals surface area contributed by atoms with Crippen molar-refractivity contribution in [3.05, 3.63) is 23.6 Å². The number of likely N-dealkylation sites (N-methyl/N-ethyl adjacent to an activating group) is 1. The summed E-state index contributed by atoms with van der Waals surface area (Å²) < 4.78 is 18.7. The lowest BCUT2D eigenvalue weighted by Gasteiger charge is -2.18. The molecule has 0 spiro atoms. The van der Waals surface area contributed by atoms with E-state index in [4.69, 9.17) is 4.74 Å². The van der Waals surface area contributed by atoms with Crippen LogP contribution in [0.2, 0.25) is 0 Å². The fourth-order valence-electron chi connectivity index (χ4n) is 1.84. The van der Waals surface area contributed by atoms with Gasteiger partial charge in [-0.2, -0.15) is 0 Å². The Bertz CT molecular complexity index is 477. The van der Waals surface area contributed by atoms with Crippen molar-refractivity contribution in [2.45, 2.75) is 12.8 Å². The molecule has 1 aromatic rings. The Morgan fingerprint density at radius 3 is 3.00 bits per heavy atom. The molecule has 1 aliphatic carbocycles. The molecule has 5 nitrogen and oxygen atoms in total. The maximum absolute atomic E-state index is 13.2. The standard InChI is InChI=1S/C14H20FN3O2/c1-16-13-12(7-11(15)8-17-13)14(19)18(2)5-6-20-9-10-3-4-10/h7-8,10H,3-6,9H2,1-2H3,(H,16,17). The molecule has 0 saturated heterocycles. The van der Waals surface area contributed by atoms with Gasteiger partial charge >= 0.3 is 0 Å². The molecule has 1 aliphatic rings. The Morgan fingerprint density at radius 1 is 1.60 bits per heavy atom. The van der Waals surface area contributed by atoms with Crippen molar-refractivity contribution < 1.29 is 13.9 Å². The number of hydrogen-bond acceptors (Lipinski definition) is 4. The van der Waals surface area contributed by atoms with Crippen LogP contribution in [0.3, 0.4) is 0 Å². The van der Waals surface area contributed by atoms with Gasteiger partial charge in [0.2, 0.25) is 0 Å². The Balaban J connectivity index is 1.89. The van der Waals surface area contributed by atoms with E-state index in [1.54, 1.807) is 14.1 Å². The molecular formula is C14H20FN3O2. The van der Waals surface area contributed by atoms with Gasteiger partial charge in [-0.05, 0) is 24.8 Å². The Morgan fingerprint density at radius 2 is 2.35 bits per heavy atom. The minimum atomic E-state index is -0.522. The molecule has 0 aromatic carbocycles. The fourth-order valence-corrected chi connectivity index (χ4v) is 1.84. The minimum absolute atomic E-state index is 0.234. The smallest absolute Gasteiger partial charge is 0.257 e. The Kier molecular flexibility index (Phi) is 4.89. The number of aromatic nitrogens is 1. The molecule has 1 N–H and O–H groups in total. The predicted molar refractivity (Wildman–Crippen MR) is 74.2 cm³/mol. The lowest BCUT2D eigenvalue weighted by atomic mass is 10.2. The van der Waals surface area contributed by atoms with E-state index in [0.29, 0.717) is 24.9 Å². The van der Waals surface area contributed by atoms with Gasteiger partial charge in [0.25, 0.3) is 5.91 Å². The highest BCUT2D eigenvalue weighted by molar-refractivity contribution is 5.98. The number of amides is 1. The highest BCUT2D eigenvalue weighted by Crippen LogP contribution is 2.28. The zero-order chi connectivity index (χ0) is 14.5. The zero-order valence-electron chi connectivity index (χ0n) is 11.9. The first-order chi connectivity index (χ1) is 9.61. The molecule has 1 amide bonds. The molecule has 1 fully saturated rings. The van der Waals surface area contributed by atoms with Crippen LogP contribution >= 0.6 is 0 Å². The molecule has 0 radical (unpaired) electrons. The van der Waals surface area contributed by atoms with Crippen LogP contribution in [0.15, 0.2) is 12.3 Å². The van der Waals surface area contributed by atoms with Crippen molar-refractivity contribution in [2.24, 2.45) is 5.92 Å². The van der Waals surface area contributed by atoms with Crippen molar-refractivity contribution in [3.8, 4) is 0 Å². The summed E-state index contributed by atoms with van der Waals surface area (Å²) in [5.41, 5.74) is 0.234. The quantitative estimate of drug-likeness (QED) is 0.774. The number of nitrogens with one attached hydrogen (secondary N) is 1. The molecule has 20 heavy (non-hydrogen) atoms. The second-order valence-corrected chi connectivity index (χ2v) is 5.04. The normalized spacial score (nSPS) is 14.2. The largest absolute Gasteiger partial charge is 0.379 e. The van der Waals surface area contributed by atoms with E-state index >= 15 is 0 Å². The molecule has 0 atom stereocenters. The molecule has 110 valence electrons. The third-order valence-corrected chi connectivity index (χ3v) is 3.29. The van der Waals surface area contributed by atoms with Crippen LogP contribution in [-0.4, -0.2) is 49.6 Å². The van der Waals surface area contributed by atoms with Crippen molar-refractivity contribution in [1.29, 1.82) is 0 Å². The van der Waals surface area contributed by atoms with Crippen LogP contribution < -0.4 is 5.32 Å². The third-order valence-electron chi connectivity index (χ3n) is 3.29. The molecule has 1 aromatic heterocycles. The second-order valence-electron chi connectivity index (χ2n) is 5.04. The number of carbonyl (C=O) groups excluding carboxylic acids is 1. The van der Waals surface area contributed by atoms with Crippen molar-refractivity contribution in [3.63, 3.8) is 0 Å². The summed E-state index contributed by atoms with van der Waals surface area (Å²) in [5.74, 6) is 0.295. The topological polar surface area (TPSA) is 54.5 Å². The van der Waals surface area contributed by atoms with Crippen LogP contribution in [0, 0.1) is 11.7 Å². The Hall–Kier alpha value is -1.69. The van der Waals surface area contributed by atoms with E-state index < -0.39 is 5.82 Å². The summed E-state index contributed by atoms with van der Waals surface area (Å²) in [7, 11) is 3.32. The van der Waals surface area contributed by atoms with E-state index in [1.807, 2.05) is 0 Å². The predicted octanol–water partition coefficient (Wildman–Crippen LogP) is 1.76. The van der Waals surface area contributed by atoms with E-state index in [0.717, 1.165) is 12.8 Å². The molecule has 0 bridgehead atoms. The monoisotopic (exact) mass is 281 g/mol. The second kappa shape index (κ2) is 6.65. The van der Waals surface area contributed by atoms with Gasteiger partial charge in [0.15, 0.2) is 0 Å². The summed E-state index contributed by atoms with van der Waals surface area (Å²) in [6.45, 7) is 1.74. The summed E-state index contributed by atoms with van der Waals surface area (Å²) >= 11 is 0. The lowest BCUT2D eigenvalue weighted by molar-refractivity contribution is 0.0681. The molecule has 0 unspecified atom stereocenters. The lowest BCUT2D eigenvalue weighted by Crippen LogP contribution is -2.31. The highest BCUT2D eigenvalue weighted by atomic mass is 19.1. The summed E-state index contributed by atoms with van der Waals surface area (Å²) in [4.78, 5) is 17.6. The van der Waals surface area contributed by atoms with Crippen LogP contribution in [-0.2, 0) is 4.74 Å². The maximum Gasteiger partial charge on any atom is 0.257 e. The number of carbonyl (C=O) groups is 1. The number of halogens is 1. The van der Waals surface area contributed by atoms with Gasteiger partial charge in [0.05, 0.1) is 18.4 Å². The SMILES string of the molecule is CNc1ncc(F)cc1C(=O)N(C)CCOCC1CC1. The summed E-state index contributed by atoms with van der Waals surface area (Å²) in [6.07, 6.45) is 3.58. The minimum Gasteiger partial charge on any atom is -0.379 e. The van der Waals surface area contributed by atoms with Crippen molar-refractivity contribution in [1.82, 2.24) is 9.88 Å². The number of rotatable bonds is 7. The average Bonchev–Trinajstić information content (AvgIpc) is 3.26. The molecule has 1 saturated carbocycles. The number of ether oxygens (including phenoxy) is 1. The van der Waals surface area contributed by atoms with Gasteiger partial charge in [0, 0.05) is 27.2 Å². The van der Waals surface area contributed by atoms with Crippen LogP contribution in [0.1, 0.15) is 23.2 Å². The van der Waals surface area contributed by atoms with Crippen LogP contribution in [0.5, 0.6) is 0 Å². The number of anilines is 1. The van der Waals surface area contributed by atoms with E-state index in [-0.39, 0.29) is 11.5 Å². The van der Waals surface area contributed by atoms with Gasteiger partial charge in [-0.25, -0.2) is 9.37 Å². The number of pyridine rings is 1. The van der Waals surface area contributed by atoms with E-state index in [9.17, 15) is 9.18 Å². The van der Waals surface area contributed by atoms with Gasteiger partial charge in [-0.1, -0.05) is 0 Å². The van der Waals surface area contributed by atoms with E-state index in [1.165, 1.54) is 23.8 Å². The fraction of sp³-hybridized carbons (Fsp3) is 0.571. The van der Waals surface area contributed by atoms with Crippen molar-refractivity contribution >= 4 is 11.7 Å². The number of hydrogen-bond donors (Lipinski definition) is 1. The number of nitrogens with zero attached hydrogens (tertiary/aromatic N) is 2. The van der Waals surface area contributed by atoms with Crippen molar-refractivity contribution in [2.75, 3.05) is 39.2 Å². The molecular weight excluding hydrogens is 261 g/mol. The summed E-state index contributed by atoms with van der Waals surface area (Å²) in [6, 6.07) is 1.20. The average molecular weight is 281 g/mol. The van der Waals surface area contributed by atoms with Gasteiger partial charge in [-0.3, -0.25) is 4.79 Å². The summed E-state index contributed by atoms with van der Waals surface area (Å²) in [5, 5.41) is 2.79. The molecule has 0 aliphatic heterocycles. The first kappa shape index (κ1) is 14.7. The molecule has 2 rings (SSSR count). The maximum atomic E-state index is 13.2. The third kappa shape index (κ3) is 3.90. The zero-order valence-corrected chi connectivity index (χ0v) is 11.9. The van der Waals surface area contributed by atoms with Gasteiger partial charge < -0.3 is 15.0 Å². The highest BCUT2D eigenvalue weighted by Gasteiger charge is 2.21. The van der Waals surface area contributed by atoms with E-state index in [2.05, 4.69) is 10.3 Å². The van der Waals surface area contributed by atoms with Crippen LogP contribution in [0.4, 0.5) is 10.2 Å². The first-order valence-corrected chi connectivity index (χ1v) is 6.78. The van der Waals surface area contributed by atoms with Crippen LogP contribution in [0.25, 0.3) is 0 Å². The molecule has 1 heterocycles. The first-order valence-electron chi connectivity index (χ1n) is 6.78. The van der Waals surface area contributed by atoms with Gasteiger partial charge in [0.1, 0.15) is 11.6 Å². The molecule has 6 heteroatoms. The Labute approximate surface area is 118 Å². The van der Waals surface area contributed by atoms with Gasteiger partial charge in [-0.15, -0.1) is 0 Å².